The lowest BCUT2D eigenvalue weighted by Gasteiger charge is -2.21. The fourth-order valence-electron chi connectivity index (χ4n) is 3.97. The number of aromatic nitrogens is 2. The molecule has 2 heterocycles. The van der Waals surface area contributed by atoms with Crippen molar-refractivity contribution >= 4 is 5.91 Å². The number of fused-ring (bicyclic) bond motifs is 1. The standard InChI is InChI=1S/C23H25N3O/c1-16-5-10-22-20(12-16)13-17(2)26(22)21-8-6-19(7-9-21)23(27)25-15-18-4-3-11-24-14-18/h3-4,6-9,11,13-14,16H,5,10,12,15H2,1-2H3,(H,25,27)/t16-/m0/s1. The molecule has 138 valence electrons. The van der Waals surface area contributed by atoms with Crippen molar-refractivity contribution < 1.29 is 4.79 Å². The van der Waals surface area contributed by atoms with Crippen molar-refractivity contribution in [2.75, 3.05) is 0 Å². The molecular formula is C23H25N3O. The van der Waals surface area contributed by atoms with Gasteiger partial charge in [-0.15, -0.1) is 0 Å². The van der Waals surface area contributed by atoms with Gasteiger partial charge in [0.15, 0.2) is 0 Å². The molecule has 1 aromatic carbocycles. The summed E-state index contributed by atoms with van der Waals surface area (Å²) in [5.74, 6) is 0.698. The smallest absolute Gasteiger partial charge is 0.251 e. The highest BCUT2D eigenvalue weighted by molar-refractivity contribution is 5.94. The molecule has 0 saturated carbocycles. The van der Waals surface area contributed by atoms with E-state index in [0.717, 1.165) is 30.0 Å². The summed E-state index contributed by atoms with van der Waals surface area (Å²) >= 11 is 0. The van der Waals surface area contributed by atoms with Crippen molar-refractivity contribution in [1.82, 2.24) is 14.9 Å². The van der Waals surface area contributed by atoms with Gasteiger partial charge in [0.25, 0.3) is 5.91 Å². The summed E-state index contributed by atoms with van der Waals surface area (Å²) in [6.45, 7) is 4.98. The number of carbonyl (C=O) groups excluding carboxylic acids is 1. The van der Waals surface area contributed by atoms with Crippen LogP contribution in [0.2, 0.25) is 0 Å². The van der Waals surface area contributed by atoms with Gasteiger partial charge in [-0.1, -0.05) is 13.0 Å². The zero-order valence-corrected chi connectivity index (χ0v) is 15.9. The number of hydrogen-bond acceptors (Lipinski definition) is 2. The summed E-state index contributed by atoms with van der Waals surface area (Å²) in [6, 6.07) is 14.1. The summed E-state index contributed by atoms with van der Waals surface area (Å²) in [5, 5.41) is 2.95. The number of aryl methyl sites for hydroxylation is 1. The lowest BCUT2D eigenvalue weighted by Crippen LogP contribution is -2.22. The normalized spacial score (nSPS) is 16.0. The maximum Gasteiger partial charge on any atom is 0.251 e. The quantitative estimate of drug-likeness (QED) is 0.757. The molecule has 1 atom stereocenters. The van der Waals surface area contributed by atoms with E-state index in [-0.39, 0.29) is 5.91 Å². The van der Waals surface area contributed by atoms with Crippen LogP contribution in [0.3, 0.4) is 0 Å². The minimum Gasteiger partial charge on any atom is -0.348 e. The molecule has 0 aliphatic heterocycles. The molecule has 0 bridgehead atoms. The van der Waals surface area contributed by atoms with Crippen LogP contribution in [-0.2, 0) is 19.4 Å². The Bertz CT molecular complexity index is 942. The van der Waals surface area contributed by atoms with Crippen molar-refractivity contribution in [2.24, 2.45) is 5.92 Å². The molecular weight excluding hydrogens is 334 g/mol. The molecule has 3 aromatic rings. The number of amides is 1. The molecule has 1 aliphatic rings. The fraction of sp³-hybridized carbons (Fsp3) is 0.304. The Hall–Kier alpha value is -2.88. The maximum atomic E-state index is 12.4. The second-order valence-corrected chi connectivity index (χ2v) is 7.53. The number of carbonyl (C=O) groups is 1. The van der Waals surface area contributed by atoms with E-state index in [1.165, 1.54) is 23.4 Å². The summed E-state index contributed by atoms with van der Waals surface area (Å²) in [4.78, 5) is 16.5. The van der Waals surface area contributed by atoms with Crippen LogP contribution in [0.4, 0.5) is 0 Å². The monoisotopic (exact) mass is 359 g/mol. The molecule has 0 unspecified atom stereocenters. The van der Waals surface area contributed by atoms with Gasteiger partial charge in [-0.2, -0.15) is 0 Å². The van der Waals surface area contributed by atoms with Crippen molar-refractivity contribution in [3.05, 3.63) is 82.9 Å². The average Bonchev–Trinajstić information content (AvgIpc) is 3.01. The lowest BCUT2D eigenvalue weighted by molar-refractivity contribution is 0.0951. The Morgan fingerprint density at radius 1 is 1.26 bits per heavy atom. The zero-order valence-electron chi connectivity index (χ0n) is 15.9. The van der Waals surface area contributed by atoms with Crippen LogP contribution in [0.5, 0.6) is 0 Å². The third kappa shape index (κ3) is 3.65. The Kier molecular flexibility index (Phi) is 4.80. The number of nitrogens with zero attached hydrogens (tertiary/aromatic N) is 2. The van der Waals surface area contributed by atoms with E-state index in [0.29, 0.717) is 12.1 Å². The Morgan fingerprint density at radius 3 is 2.81 bits per heavy atom. The van der Waals surface area contributed by atoms with E-state index in [1.807, 2.05) is 36.4 Å². The average molecular weight is 359 g/mol. The largest absolute Gasteiger partial charge is 0.348 e. The van der Waals surface area contributed by atoms with Gasteiger partial charge in [0.2, 0.25) is 0 Å². The van der Waals surface area contributed by atoms with E-state index in [9.17, 15) is 4.79 Å². The van der Waals surface area contributed by atoms with Crippen molar-refractivity contribution in [3.8, 4) is 5.69 Å². The maximum absolute atomic E-state index is 12.4. The predicted octanol–water partition coefficient (Wildman–Crippen LogP) is 4.24. The van der Waals surface area contributed by atoms with Gasteiger partial charge in [0.1, 0.15) is 0 Å². The molecule has 0 fully saturated rings. The second kappa shape index (κ2) is 7.39. The van der Waals surface area contributed by atoms with Gasteiger partial charge < -0.3 is 9.88 Å². The number of pyridine rings is 1. The highest BCUT2D eigenvalue weighted by atomic mass is 16.1. The van der Waals surface area contributed by atoms with Crippen molar-refractivity contribution in [1.29, 1.82) is 0 Å². The second-order valence-electron chi connectivity index (χ2n) is 7.53. The number of nitrogens with one attached hydrogen (secondary N) is 1. The number of hydrogen-bond donors (Lipinski definition) is 1. The lowest BCUT2D eigenvalue weighted by atomic mass is 9.89. The summed E-state index contributed by atoms with van der Waals surface area (Å²) in [5.41, 5.74) is 6.97. The van der Waals surface area contributed by atoms with Crippen LogP contribution in [0.15, 0.2) is 54.9 Å². The van der Waals surface area contributed by atoms with Crippen LogP contribution in [0.1, 0.15) is 46.2 Å². The highest BCUT2D eigenvalue weighted by Crippen LogP contribution is 2.30. The summed E-state index contributed by atoms with van der Waals surface area (Å²) < 4.78 is 2.35. The summed E-state index contributed by atoms with van der Waals surface area (Å²) in [6.07, 6.45) is 7.02. The molecule has 0 radical (unpaired) electrons. The molecule has 0 spiro atoms. The van der Waals surface area contributed by atoms with Gasteiger partial charge in [-0.05, 0) is 79.6 Å². The molecule has 1 aliphatic carbocycles. The molecule has 4 heteroatoms. The minimum absolute atomic E-state index is 0.0644. The topological polar surface area (TPSA) is 46.9 Å². The van der Waals surface area contributed by atoms with Crippen LogP contribution >= 0.6 is 0 Å². The molecule has 4 rings (SSSR count). The predicted molar refractivity (Wildman–Crippen MR) is 107 cm³/mol. The van der Waals surface area contributed by atoms with Crippen molar-refractivity contribution in [2.45, 2.75) is 39.7 Å². The van der Waals surface area contributed by atoms with Gasteiger partial charge in [0, 0.05) is 41.6 Å². The van der Waals surface area contributed by atoms with Gasteiger partial charge in [-0.3, -0.25) is 9.78 Å². The van der Waals surface area contributed by atoms with E-state index < -0.39 is 0 Å². The first-order valence-corrected chi connectivity index (χ1v) is 9.59. The van der Waals surface area contributed by atoms with Crippen LogP contribution in [0, 0.1) is 12.8 Å². The SMILES string of the molecule is Cc1cc2c(n1-c1ccc(C(=O)NCc3cccnc3)cc1)CC[C@H](C)C2. The van der Waals surface area contributed by atoms with E-state index in [1.54, 1.807) is 12.4 Å². The van der Waals surface area contributed by atoms with Gasteiger partial charge >= 0.3 is 0 Å². The van der Waals surface area contributed by atoms with E-state index >= 15 is 0 Å². The Labute approximate surface area is 160 Å². The zero-order chi connectivity index (χ0) is 18.8. The van der Waals surface area contributed by atoms with E-state index in [2.05, 4.69) is 34.8 Å². The van der Waals surface area contributed by atoms with E-state index in [4.69, 9.17) is 0 Å². The first-order valence-electron chi connectivity index (χ1n) is 9.59. The van der Waals surface area contributed by atoms with Gasteiger partial charge in [-0.25, -0.2) is 0 Å². The highest BCUT2D eigenvalue weighted by Gasteiger charge is 2.21. The molecule has 27 heavy (non-hydrogen) atoms. The first-order chi connectivity index (χ1) is 13.1. The number of benzene rings is 1. The molecule has 1 N–H and O–H groups in total. The fourth-order valence-corrected chi connectivity index (χ4v) is 3.97. The molecule has 2 aromatic heterocycles. The van der Waals surface area contributed by atoms with Crippen molar-refractivity contribution in [3.63, 3.8) is 0 Å². The molecule has 1 amide bonds. The van der Waals surface area contributed by atoms with Crippen LogP contribution in [-0.4, -0.2) is 15.5 Å². The van der Waals surface area contributed by atoms with Crippen LogP contribution < -0.4 is 5.32 Å². The third-order valence-electron chi connectivity index (χ3n) is 5.38. The first kappa shape index (κ1) is 17.5. The summed E-state index contributed by atoms with van der Waals surface area (Å²) in [7, 11) is 0. The molecule has 0 saturated heterocycles. The van der Waals surface area contributed by atoms with Crippen LogP contribution in [0.25, 0.3) is 5.69 Å². The number of rotatable bonds is 4. The minimum atomic E-state index is -0.0644. The Balaban J connectivity index is 1.50. The van der Waals surface area contributed by atoms with Gasteiger partial charge in [0.05, 0.1) is 0 Å². The Morgan fingerprint density at radius 2 is 2.07 bits per heavy atom. The third-order valence-corrected chi connectivity index (χ3v) is 5.38. The molecule has 4 nitrogen and oxygen atoms in total.